The highest BCUT2D eigenvalue weighted by Gasteiger charge is 2.46. The second kappa shape index (κ2) is 8.01. The average Bonchev–Trinajstić information content (AvgIpc) is 2.93. The second-order valence-electron chi connectivity index (χ2n) is 7.00. The zero-order valence-corrected chi connectivity index (χ0v) is 16.5. The van der Waals surface area contributed by atoms with Gasteiger partial charge < -0.3 is 4.74 Å². The number of alkyl halides is 3. The number of hydrogen-bond acceptors (Lipinski definition) is 7. The highest BCUT2D eigenvalue weighted by Crippen LogP contribution is 2.37. The molecule has 0 saturated carbocycles. The van der Waals surface area contributed by atoms with Crippen LogP contribution in [0.15, 0.2) is 0 Å². The Labute approximate surface area is 156 Å². The van der Waals surface area contributed by atoms with Crippen LogP contribution in [0.5, 0.6) is 0 Å². The van der Waals surface area contributed by atoms with Crippen molar-refractivity contribution in [2.24, 2.45) is 5.14 Å². The molecule has 26 heavy (non-hydrogen) atoms. The molecule has 1 aromatic heterocycles. The van der Waals surface area contributed by atoms with E-state index in [0.29, 0.717) is 0 Å². The van der Waals surface area contributed by atoms with Crippen molar-refractivity contribution in [3.8, 4) is 0 Å². The third-order valence-corrected chi connectivity index (χ3v) is 3.70. The van der Waals surface area contributed by atoms with Gasteiger partial charge in [0.1, 0.15) is 11.8 Å². The summed E-state index contributed by atoms with van der Waals surface area (Å²) in [4.78, 5) is 15.4. The fraction of sp³-hybridized carbons (Fsp3) is 0.786. The SMILES string of the molecule is CC1c2nnc(C(F)(F)F)n2C(N(C)C)CN1C(=O)OC(C)(C)C.NS. The van der Waals surface area contributed by atoms with Crippen molar-refractivity contribution in [3.63, 3.8) is 0 Å². The van der Waals surface area contributed by atoms with Gasteiger partial charge in [0.05, 0.1) is 12.6 Å². The molecule has 2 heterocycles. The molecular formula is C14H25F3N6O2S. The standard InChI is InChI=1S/C14H22F3N5O2.H3NS/c1-8-10-18-19-11(14(15,16)17)22(10)9(20(5)6)7-21(8)12(23)24-13(2,3)4;1-2/h8-9H,7H2,1-6H3;2H,1H2. The van der Waals surface area contributed by atoms with E-state index in [4.69, 9.17) is 4.74 Å². The number of amides is 1. The van der Waals surface area contributed by atoms with Crippen molar-refractivity contribution < 1.29 is 22.7 Å². The third-order valence-electron chi connectivity index (χ3n) is 3.70. The minimum absolute atomic E-state index is 0.0389. The number of aromatic nitrogens is 3. The largest absolute Gasteiger partial charge is 0.451 e. The van der Waals surface area contributed by atoms with E-state index in [1.54, 1.807) is 46.7 Å². The van der Waals surface area contributed by atoms with Gasteiger partial charge in [0.15, 0.2) is 5.82 Å². The summed E-state index contributed by atoms with van der Waals surface area (Å²) in [5.74, 6) is -0.981. The van der Waals surface area contributed by atoms with Gasteiger partial charge in [-0.15, -0.1) is 23.0 Å². The van der Waals surface area contributed by atoms with E-state index < -0.39 is 35.9 Å². The molecular weight excluding hydrogens is 373 g/mol. The van der Waals surface area contributed by atoms with Gasteiger partial charge in [0.2, 0.25) is 5.82 Å². The van der Waals surface area contributed by atoms with E-state index in [9.17, 15) is 18.0 Å². The molecule has 1 aliphatic heterocycles. The lowest BCUT2D eigenvalue weighted by atomic mass is 10.1. The van der Waals surface area contributed by atoms with Crippen LogP contribution in [-0.2, 0) is 10.9 Å². The van der Waals surface area contributed by atoms with Crippen LogP contribution in [0.25, 0.3) is 0 Å². The minimum Gasteiger partial charge on any atom is -0.444 e. The molecule has 12 heteroatoms. The van der Waals surface area contributed by atoms with E-state index in [0.717, 1.165) is 4.57 Å². The fourth-order valence-corrected chi connectivity index (χ4v) is 2.58. The van der Waals surface area contributed by atoms with Crippen molar-refractivity contribution in [2.45, 2.75) is 51.7 Å². The Morgan fingerprint density at radius 1 is 1.27 bits per heavy atom. The van der Waals surface area contributed by atoms with Gasteiger partial charge >= 0.3 is 12.3 Å². The first kappa shape index (κ1) is 22.5. The molecule has 0 aromatic carbocycles. The first-order valence-corrected chi connectivity index (χ1v) is 8.28. The topological polar surface area (TPSA) is 89.5 Å². The van der Waals surface area contributed by atoms with E-state index in [1.165, 1.54) is 4.90 Å². The number of rotatable bonds is 1. The molecule has 0 spiro atoms. The number of ether oxygens (including phenoxy) is 1. The molecule has 1 aliphatic rings. The first-order chi connectivity index (χ1) is 11.8. The van der Waals surface area contributed by atoms with Crippen LogP contribution in [0.1, 0.15) is 51.6 Å². The molecule has 0 aliphatic carbocycles. The lowest BCUT2D eigenvalue weighted by Gasteiger charge is -2.41. The monoisotopic (exact) mass is 398 g/mol. The van der Waals surface area contributed by atoms with Gasteiger partial charge in [-0.2, -0.15) is 13.2 Å². The lowest BCUT2D eigenvalue weighted by Crippen LogP contribution is -2.49. The van der Waals surface area contributed by atoms with Crippen molar-refractivity contribution in [3.05, 3.63) is 11.6 Å². The molecule has 2 N–H and O–H groups in total. The van der Waals surface area contributed by atoms with Crippen LogP contribution >= 0.6 is 12.8 Å². The summed E-state index contributed by atoms with van der Waals surface area (Å²) in [5.41, 5.74) is -0.702. The van der Waals surface area contributed by atoms with Gasteiger partial charge in [0, 0.05) is 0 Å². The molecule has 2 unspecified atom stereocenters. The maximum atomic E-state index is 13.2. The lowest BCUT2D eigenvalue weighted by molar-refractivity contribution is -0.150. The number of carbonyl (C=O) groups is 1. The summed E-state index contributed by atoms with van der Waals surface area (Å²) in [6, 6.07) is -0.681. The Morgan fingerprint density at radius 2 is 1.81 bits per heavy atom. The Balaban J connectivity index is 0.00000163. The summed E-state index contributed by atoms with van der Waals surface area (Å²) in [6.07, 6.45) is -5.95. The molecule has 8 nitrogen and oxygen atoms in total. The molecule has 1 amide bonds. The number of carbonyl (C=O) groups excluding carboxylic acids is 1. The molecule has 0 saturated heterocycles. The Bertz CT molecular complexity index is 629. The number of nitrogens with two attached hydrogens (primary N) is 1. The third kappa shape index (κ3) is 4.80. The molecule has 150 valence electrons. The van der Waals surface area contributed by atoms with Crippen molar-refractivity contribution in [1.82, 2.24) is 24.6 Å². The molecule has 0 radical (unpaired) electrons. The van der Waals surface area contributed by atoms with Crippen molar-refractivity contribution >= 4 is 18.9 Å². The quantitative estimate of drug-likeness (QED) is 0.707. The van der Waals surface area contributed by atoms with E-state index >= 15 is 0 Å². The normalized spacial score (nSPS) is 20.4. The molecule has 0 fully saturated rings. The Hall–Kier alpha value is -1.53. The number of halogens is 3. The maximum Gasteiger partial charge on any atom is 0.451 e. The highest BCUT2D eigenvalue weighted by atomic mass is 32.1. The number of hydrogen-bond donors (Lipinski definition) is 2. The van der Waals surface area contributed by atoms with Gasteiger partial charge in [-0.25, -0.2) is 4.79 Å². The fourth-order valence-electron chi connectivity index (χ4n) is 2.58. The smallest absolute Gasteiger partial charge is 0.444 e. The highest BCUT2D eigenvalue weighted by molar-refractivity contribution is 7.77. The van der Waals surface area contributed by atoms with E-state index in [2.05, 4.69) is 28.2 Å². The van der Waals surface area contributed by atoms with Crippen molar-refractivity contribution in [2.75, 3.05) is 20.6 Å². The van der Waals surface area contributed by atoms with Gasteiger partial charge in [-0.1, -0.05) is 0 Å². The van der Waals surface area contributed by atoms with Gasteiger partial charge in [-0.05, 0) is 41.8 Å². The Kier molecular flexibility index (Phi) is 6.93. The van der Waals surface area contributed by atoms with Crippen LogP contribution in [0.2, 0.25) is 0 Å². The van der Waals surface area contributed by atoms with Crippen LogP contribution in [0, 0.1) is 0 Å². The predicted octanol–water partition coefficient (Wildman–Crippen LogP) is 2.46. The number of fused-ring (bicyclic) bond motifs is 1. The molecule has 2 rings (SSSR count). The van der Waals surface area contributed by atoms with Crippen LogP contribution in [0.4, 0.5) is 18.0 Å². The average molecular weight is 398 g/mol. The minimum atomic E-state index is -4.62. The molecule has 2 atom stereocenters. The zero-order chi connectivity index (χ0) is 20.4. The molecule has 1 aromatic rings. The number of nitrogens with zero attached hydrogens (tertiary/aromatic N) is 5. The summed E-state index contributed by atoms with van der Waals surface area (Å²) < 4.78 is 46.0. The summed E-state index contributed by atoms with van der Waals surface area (Å²) in [6.45, 7) is 6.83. The van der Waals surface area contributed by atoms with Crippen LogP contribution in [0.3, 0.4) is 0 Å². The van der Waals surface area contributed by atoms with Crippen LogP contribution in [-0.4, -0.2) is 56.9 Å². The summed E-state index contributed by atoms with van der Waals surface area (Å²) in [5, 5.41) is 11.2. The van der Waals surface area contributed by atoms with Crippen molar-refractivity contribution in [1.29, 1.82) is 0 Å². The van der Waals surface area contributed by atoms with Gasteiger partial charge in [0.25, 0.3) is 0 Å². The number of likely N-dealkylation sites (N-methyl/N-ethyl adjacent to an activating group) is 1. The second-order valence-corrected chi connectivity index (χ2v) is 7.00. The molecule has 0 bridgehead atoms. The summed E-state index contributed by atoms with van der Waals surface area (Å²) in [7, 11) is 3.27. The number of thiol groups is 1. The first-order valence-electron chi connectivity index (χ1n) is 7.77. The van der Waals surface area contributed by atoms with Crippen LogP contribution < -0.4 is 5.14 Å². The van der Waals surface area contributed by atoms with E-state index in [-0.39, 0.29) is 12.4 Å². The maximum absolute atomic E-state index is 13.2. The Morgan fingerprint density at radius 3 is 2.23 bits per heavy atom. The predicted molar refractivity (Wildman–Crippen MR) is 92.3 cm³/mol. The zero-order valence-electron chi connectivity index (χ0n) is 15.6. The van der Waals surface area contributed by atoms with Gasteiger partial charge in [-0.3, -0.25) is 19.5 Å². The van der Waals surface area contributed by atoms with E-state index in [1.807, 2.05) is 0 Å². The summed E-state index contributed by atoms with van der Waals surface area (Å²) >= 11 is 3.03.